The number of allylic oxidation sites excluding steroid dienone is 1. The summed E-state index contributed by atoms with van der Waals surface area (Å²) in [5.41, 5.74) is 2.90. The van der Waals surface area contributed by atoms with Gasteiger partial charge in [0.2, 0.25) is 0 Å². The summed E-state index contributed by atoms with van der Waals surface area (Å²) in [7, 11) is -0.750. The van der Waals surface area contributed by atoms with Gasteiger partial charge in [0.1, 0.15) is 11.1 Å². The molecule has 4 heterocycles. The van der Waals surface area contributed by atoms with E-state index >= 15 is 0 Å². The van der Waals surface area contributed by atoms with E-state index in [2.05, 4.69) is 44.2 Å². The van der Waals surface area contributed by atoms with Gasteiger partial charge in [0.15, 0.2) is 0 Å². The smallest absolute Gasteiger partial charge is 0.316 e. The number of anilines is 1. The molecule has 7 atom stereocenters. The van der Waals surface area contributed by atoms with Gasteiger partial charge in [-0.3, -0.25) is 9.00 Å². The minimum Gasteiger partial charge on any atom is -0.490 e. The van der Waals surface area contributed by atoms with Gasteiger partial charge in [-0.25, -0.2) is 4.79 Å². The summed E-state index contributed by atoms with van der Waals surface area (Å²) in [5, 5.41) is 5.90. The molecule has 274 valence electrons. The van der Waals surface area contributed by atoms with Gasteiger partial charge in [0, 0.05) is 49.0 Å². The number of nitrogens with zero attached hydrogens (tertiary/aromatic N) is 2. The Hall–Kier alpha value is -3.12. The quantitative estimate of drug-likeness (QED) is 0.254. The van der Waals surface area contributed by atoms with Crippen LogP contribution in [-0.4, -0.2) is 72.2 Å². The molecule has 2 saturated heterocycles. The van der Waals surface area contributed by atoms with E-state index in [1.165, 1.54) is 11.1 Å². The Labute approximate surface area is 307 Å². The normalized spacial score (nSPS) is 38.0. The van der Waals surface area contributed by atoms with Crippen molar-refractivity contribution in [1.29, 1.82) is 0 Å². The number of halogens is 1. The van der Waals surface area contributed by atoms with Gasteiger partial charge in [-0.1, -0.05) is 36.7 Å². The van der Waals surface area contributed by atoms with Crippen LogP contribution in [0.2, 0.25) is 5.02 Å². The summed E-state index contributed by atoms with van der Waals surface area (Å²) >= 11 is 6.45. The Kier molecular flexibility index (Phi) is 9.17. The third kappa shape index (κ3) is 6.57. The highest BCUT2D eigenvalue weighted by atomic mass is 35.5. The van der Waals surface area contributed by atoms with E-state index in [-0.39, 0.29) is 23.0 Å². The van der Waals surface area contributed by atoms with Gasteiger partial charge in [-0.15, -0.1) is 0 Å². The van der Waals surface area contributed by atoms with Crippen LogP contribution in [0.15, 0.2) is 52.9 Å². The van der Waals surface area contributed by atoms with Crippen LogP contribution in [0.4, 0.5) is 10.5 Å². The van der Waals surface area contributed by atoms with E-state index in [9.17, 15) is 13.8 Å². The SMILES string of the molecule is CO[C@H]1/C=C/C[C@H](C)C(NC(=O)NC23COC(C)(C2)C3)/[SH](=O)=N\C(=O)c2ccc3c(c2)N(C[C@@H]2CC[C@H]21)C[C@@]1(CCCc2cc(Cl)ccc21)CO3. The molecular formula is C39H49ClN4O6S. The van der Waals surface area contributed by atoms with Crippen molar-refractivity contribution in [3.8, 4) is 5.75 Å². The van der Waals surface area contributed by atoms with Crippen LogP contribution < -0.4 is 20.3 Å². The molecule has 12 heteroatoms. The zero-order valence-corrected chi connectivity index (χ0v) is 31.3. The average Bonchev–Trinajstić information content (AvgIpc) is 3.52. The third-order valence-electron chi connectivity index (χ3n) is 12.5. The molecule has 0 radical (unpaired) electrons. The number of carbonyl (C=O) groups is 2. The predicted octanol–water partition coefficient (Wildman–Crippen LogP) is 6.20. The molecule has 2 saturated carbocycles. The second-order valence-corrected chi connectivity index (χ2v) is 18.1. The number of aryl methyl sites for hydroxylation is 1. The fourth-order valence-corrected chi connectivity index (χ4v) is 11.2. The Bertz CT molecular complexity index is 1840. The lowest BCUT2D eigenvalue weighted by molar-refractivity contribution is 0.0130. The monoisotopic (exact) mass is 736 g/mol. The highest BCUT2D eigenvalue weighted by Crippen LogP contribution is 2.51. The van der Waals surface area contributed by atoms with E-state index in [0.717, 1.165) is 74.5 Å². The second kappa shape index (κ2) is 13.4. The largest absolute Gasteiger partial charge is 0.490 e. The highest BCUT2D eigenvalue weighted by Gasteiger charge is 2.60. The number of carbonyl (C=O) groups excluding carboxylic acids is 2. The second-order valence-electron chi connectivity index (χ2n) is 16.3. The van der Waals surface area contributed by atoms with Gasteiger partial charge in [-0.2, -0.15) is 4.36 Å². The maximum absolute atomic E-state index is 14.0. The molecule has 3 aliphatic carbocycles. The molecule has 3 amide bonds. The first-order valence-corrected chi connectivity index (χ1v) is 20.1. The Morgan fingerprint density at radius 1 is 1.16 bits per heavy atom. The molecule has 0 aromatic heterocycles. The van der Waals surface area contributed by atoms with E-state index < -0.39 is 33.4 Å². The van der Waals surface area contributed by atoms with Crippen molar-refractivity contribution in [1.82, 2.24) is 10.6 Å². The average molecular weight is 737 g/mol. The zero-order chi connectivity index (χ0) is 35.5. The van der Waals surface area contributed by atoms with Crippen molar-refractivity contribution in [2.45, 2.75) is 93.2 Å². The molecule has 4 fully saturated rings. The summed E-state index contributed by atoms with van der Waals surface area (Å²) in [4.78, 5) is 29.5. The van der Waals surface area contributed by atoms with Crippen molar-refractivity contribution >= 4 is 39.8 Å². The molecule has 2 unspecified atom stereocenters. The first kappa shape index (κ1) is 34.9. The van der Waals surface area contributed by atoms with Gasteiger partial charge in [0.05, 0.1) is 46.7 Å². The molecule has 4 bridgehead atoms. The van der Waals surface area contributed by atoms with Crippen molar-refractivity contribution in [3.63, 3.8) is 0 Å². The number of urea groups is 1. The zero-order valence-electron chi connectivity index (χ0n) is 29.7. The summed E-state index contributed by atoms with van der Waals surface area (Å²) in [5.74, 6) is 0.592. The lowest BCUT2D eigenvalue weighted by Gasteiger charge is -2.46. The number of rotatable bonds is 3. The van der Waals surface area contributed by atoms with Crippen molar-refractivity contribution in [2.75, 3.05) is 38.3 Å². The number of benzene rings is 2. The molecule has 2 aromatic rings. The lowest BCUT2D eigenvalue weighted by Crippen LogP contribution is -2.61. The van der Waals surface area contributed by atoms with Crippen LogP contribution in [0.1, 0.15) is 80.3 Å². The van der Waals surface area contributed by atoms with E-state index in [1.807, 2.05) is 32.0 Å². The van der Waals surface area contributed by atoms with E-state index in [0.29, 0.717) is 37.0 Å². The highest BCUT2D eigenvalue weighted by molar-refractivity contribution is 7.76. The number of nitrogens with one attached hydrogen (secondary N) is 2. The predicted molar refractivity (Wildman–Crippen MR) is 198 cm³/mol. The Morgan fingerprint density at radius 2 is 2.00 bits per heavy atom. The summed E-state index contributed by atoms with van der Waals surface area (Å²) in [6.07, 6.45) is 11.3. The van der Waals surface area contributed by atoms with Gasteiger partial charge < -0.3 is 29.7 Å². The molecule has 2 N–H and O–H groups in total. The molecule has 51 heavy (non-hydrogen) atoms. The molecular weight excluding hydrogens is 688 g/mol. The Morgan fingerprint density at radius 3 is 2.75 bits per heavy atom. The molecule has 1 spiro atoms. The van der Waals surface area contributed by atoms with Gasteiger partial charge in [-0.05, 0) is 105 Å². The topological polar surface area (TPSA) is 119 Å². The first-order chi connectivity index (χ1) is 24.5. The van der Waals surface area contributed by atoms with Crippen LogP contribution in [0.3, 0.4) is 0 Å². The minimum atomic E-state index is -2.51. The number of fused-ring (bicyclic) bond motifs is 5. The molecule has 10 nitrogen and oxygen atoms in total. The van der Waals surface area contributed by atoms with Gasteiger partial charge >= 0.3 is 6.03 Å². The van der Waals surface area contributed by atoms with Crippen molar-refractivity contribution < 1.29 is 28.0 Å². The van der Waals surface area contributed by atoms with Crippen molar-refractivity contribution in [3.05, 3.63) is 70.3 Å². The number of hydrogen-bond acceptors (Lipinski definition) is 7. The molecule has 9 rings (SSSR count). The minimum absolute atomic E-state index is 0.0754. The van der Waals surface area contributed by atoms with Crippen LogP contribution in [0, 0.1) is 17.8 Å². The summed E-state index contributed by atoms with van der Waals surface area (Å²) in [6.45, 7) is 6.49. The molecule has 4 aliphatic heterocycles. The number of hydrogen-bond donors (Lipinski definition) is 3. The summed E-state index contributed by atoms with van der Waals surface area (Å²) < 4.78 is 36.8. The molecule has 7 aliphatic rings. The number of amides is 3. The third-order valence-corrected chi connectivity index (χ3v) is 14.2. The van der Waals surface area contributed by atoms with Gasteiger partial charge in [0.25, 0.3) is 5.91 Å². The fourth-order valence-electron chi connectivity index (χ4n) is 9.79. The fraction of sp³-hybridized carbons (Fsp3) is 0.590. The number of methoxy groups -OCH3 is 1. The summed E-state index contributed by atoms with van der Waals surface area (Å²) in [6, 6.07) is 11.2. The van der Waals surface area contributed by atoms with Crippen LogP contribution in [0.25, 0.3) is 0 Å². The maximum atomic E-state index is 14.0. The molecule has 2 aromatic carbocycles. The maximum Gasteiger partial charge on any atom is 0.316 e. The number of thiol groups is 1. The van der Waals surface area contributed by atoms with E-state index in [1.54, 1.807) is 13.2 Å². The number of ether oxygens (including phenoxy) is 3. The van der Waals surface area contributed by atoms with Crippen LogP contribution >= 0.6 is 11.6 Å². The van der Waals surface area contributed by atoms with E-state index in [4.69, 9.17) is 25.8 Å². The first-order valence-electron chi connectivity index (χ1n) is 18.4. The van der Waals surface area contributed by atoms with Crippen LogP contribution in [-0.2, 0) is 31.9 Å². The lowest BCUT2D eigenvalue weighted by atomic mass is 9.68. The van der Waals surface area contributed by atoms with Crippen LogP contribution in [0.5, 0.6) is 5.75 Å². The van der Waals surface area contributed by atoms with Crippen molar-refractivity contribution in [2.24, 2.45) is 22.1 Å². The standard InChI is InChI=1S/C39H49ClN4O6S/c1-24-6-4-8-32(48-3)29-12-9-27(29)18-44-21-38(15-5-7-25-16-28(40)11-13-30(25)38)22-49-33-14-10-26(17-31(33)44)34(45)43-51(47)35(24)41-36(46)42-39-19-37(2,20-39)50-23-39/h4,8,10-11,13-14,16-17,24,27,29,32,35,51H,5-7,9,12,15,18-23H2,1-3H3,(H2,41,42,46)/b8-4+/t24-,27-,29+,32-,35?,37?,38-,39?/m0/s1. The Balaban J connectivity index is 1.14.